The van der Waals surface area contributed by atoms with Crippen LogP contribution in [0.5, 0.6) is 0 Å². The van der Waals surface area contributed by atoms with Crippen LogP contribution in [0.2, 0.25) is 0 Å². The molecule has 0 saturated heterocycles. The topological polar surface area (TPSA) is 90.7 Å². The molecule has 5 nitrogen and oxygen atoms in total. The molecular weight excluding hydrogens is 282 g/mol. The molecule has 21 heavy (non-hydrogen) atoms. The quantitative estimate of drug-likeness (QED) is 0.769. The highest BCUT2D eigenvalue weighted by Crippen LogP contribution is 2.24. The van der Waals surface area contributed by atoms with Crippen LogP contribution in [0, 0.1) is 0 Å². The first-order valence-corrected chi connectivity index (χ1v) is 7.68. The lowest BCUT2D eigenvalue weighted by Gasteiger charge is -2.06. The third-order valence-electron chi connectivity index (χ3n) is 3.08. The van der Waals surface area contributed by atoms with Crippen LogP contribution in [0.3, 0.4) is 0 Å². The average molecular weight is 297 g/mol. The molecule has 0 fully saturated rings. The maximum atomic E-state index is 5.57. The number of nitrogens with two attached hydrogens (primary N) is 2. The fourth-order valence-electron chi connectivity index (χ4n) is 2.19. The van der Waals surface area contributed by atoms with E-state index >= 15 is 0 Å². The van der Waals surface area contributed by atoms with Gasteiger partial charge in [-0.2, -0.15) is 15.0 Å². The van der Waals surface area contributed by atoms with Gasteiger partial charge in [-0.15, -0.1) is 11.8 Å². The SMILES string of the molecule is Nc1nc(N)nc(CSCc2cccc3ccccc23)n1. The minimum atomic E-state index is 0.170. The Kier molecular flexibility index (Phi) is 3.87. The molecule has 0 atom stereocenters. The lowest BCUT2D eigenvalue weighted by molar-refractivity contribution is 0.987. The van der Waals surface area contributed by atoms with Crippen LogP contribution in [-0.4, -0.2) is 15.0 Å². The van der Waals surface area contributed by atoms with Crippen LogP contribution in [-0.2, 0) is 11.5 Å². The van der Waals surface area contributed by atoms with E-state index in [9.17, 15) is 0 Å². The van der Waals surface area contributed by atoms with Crippen molar-refractivity contribution in [2.45, 2.75) is 11.5 Å². The molecule has 0 aliphatic heterocycles. The van der Waals surface area contributed by atoms with Crippen LogP contribution in [0.15, 0.2) is 42.5 Å². The zero-order valence-corrected chi connectivity index (χ0v) is 12.2. The van der Waals surface area contributed by atoms with Gasteiger partial charge in [0.2, 0.25) is 11.9 Å². The second-order valence-electron chi connectivity index (χ2n) is 4.60. The van der Waals surface area contributed by atoms with Crippen molar-refractivity contribution in [3.8, 4) is 0 Å². The summed E-state index contributed by atoms with van der Waals surface area (Å²) in [6.07, 6.45) is 0. The molecule has 3 aromatic rings. The van der Waals surface area contributed by atoms with Gasteiger partial charge in [0, 0.05) is 5.75 Å². The molecule has 3 rings (SSSR count). The third kappa shape index (κ3) is 3.22. The molecule has 0 radical (unpaired) electrons. The number of hydrogen-bond donors (Lipinski definition) is 2. The normalized spacial score (nSPS) is 10.9. The Balaban J connectivity index is 1.72. The van der Waals surface area contributed by atoms with Crippen LogP contribution in [0.1, 0.15) is 11.4 Å². The van der Waals surface area contributed by atoms with E-state index in [1.54, 1.807) is 11.8 Å². The number of aromatic nitrogens is 3. The van der Waals surface area contributed by atoms with Gasteiger partial charge in [0.1, 0.15) is 5.82 Å². The van der Waals surface area contributed by atoms with Gasteiger partial charge in [0.05, 0.1) is 5.75 Å². The molecule has 2 aromatic carbocycles. The van der Waals surface area contributed by atoms with E-state index in [0.29, 0.717) is 11.6 Å². The van der Waals surface area contributed by atoms with Gasteiger partial charge in [-0.1, -0.05) is 42.5 Å². The summed E-state index contributed by atoms with van der Waals surface area (Å²) < 4.78 is 0. The number of nitrogens with zero attached hydrogens (tertiary/aromatic N) is 3. The minimum Gasteiger partial charge on any atom is -0.368 e. The lowest BCUT2D eigenvalue weighted by atomic mass is 10.1. The van der Waals surface area contributed by atoms with Crippen molar-refractivity contribution in [2.24, 2.45) is 0 Å². The summed E-state index contributed by atoms with van der Waals surface area (Å²) in [6.45, 7) is 0. The Morgan fingerprint density at radius 3 is 2.33 bits per heavy atom. The van der Waals surface area contributed by atoms with Gasteiger partial charge in [0.15, 0.2) is 0 Å². The van der Waals surface area contributed by atoms with Crippen molar-refractivity contribution in [1.82, 2.24) is 15.0 Å². The van der Waals surface area contributed by atoms with E-state index in [-0.39, 0.29) is 11.9 Å². The second kappa shape index (κ2) is 5.97. The summed E-state index contributed by atoms with van der Waals surface area (Å²) >= 11 is 1.73. The Bertz CT molecular complexity index is 749. The molecule has 0 saturated carbocycles. The monoisotopic (exact) mass is 297 g/mol. The van der Waals surface area contributed by atoms with Crippen LogP contribution >= 0.6 is 11.8 Å². The number of benzene rings is 2. The number of nitrogen functional groups attached to an aromatic ring is 2. The molecule has 0 bridgehead atoms. The van der Waals surface area contributed by atoms with Gasteiger partial charge in [0.25, 0.3) is 0 Å². The van der Waals surface area contributed by atoms with Crippen molar-refractivity contribution < 1.29 is 0 Å². The van der Waals surface area contributed by atoms with Crippen molar-refractivity contribution in [1.29, 1.82) is 0 Å². The van der Waals surface area contributed by atoms with Gasteiger partial charge >= 0.3 is 0 Å². The number of anilines is 2. The molecular formula is C15H15N5S. The number of thioether (sulfide) groups is 1. The Morgan fingerprint density at radius 1 is 0.810 bits per heavy atom. The van der Waals surface area contributed by atoms with Gasteiger partial charge < -0.3 is 11.5 Å². The van der Waals surface area contributed by atoms with Crippen LogP contribution in [0.4, 0.5) is 11.9 Å². The van der Waals surface area contributed by atoms with E-state index in [2.05, 4.69) is 57.4 Å². The van der Waals surface area contributed by atoms with E-state index in [1.807, 2.05) is 0 Å². The van der Waals surface area contributed by atoms with Crippen molar-refractivity contribution in [3.63, 3.8) is 0 Å². The predicted molar refractivity (Wildman–Crippen MR) is 87.6 cm³/mol. The Labute approximate surface area is 126 Å². The smallest absolute Gasteiger partial charge is 0.225 e. The standard InChI is InChI=1S/C15H15N5S/c16-14-18-13(19-15(17)20-14)9-21-8-11-6-3-5-10-4-1-2-7-12(10)11/h1-7H,8-9H2,(H4,16,17,18,19,20). The van der Waals surface area contributed by atoms with E-state index < -0.39 is 0 Å². The van der Waals surface area contributed by atoms with E-state index in [1.165, 1.54) is 16.3 Å². The Morgan fingerprint density at radius 2 is 1.52 bits per heavy atom. The molecule has 0 aliphatic carbocycles. The van der Waals surface area contributed by atoms with Crippen molar-refractivity contribution >= 4 is 34.4 Å². The molecule has 0 unspecified atom stereocenters. The summed E-state index contributed by atoms with van der Waals surface area (Å²) in [6, 6.07) is 14.7. The molecule has 0 aliphatic rings. The molecule has 1 aromatic heterocycles. The highest BCUT2D eigenvalue weighted by atomic mass is 32.2. The van der Waals surface area contributed by atoms with E-state index in [0.717, 1.165) is 5.75 Å². The highest BCUT2D eigenvalue weighted by Gasteiger charge is 2.04. The number of hydrogen-bond acceptors (Lipinski definition) is 6. The molecule has 106 valence electrons. The largest absolute Gasteiger partial charge is 0.368 e. The zero-order valence-electron chi connectivity index (χ0n) is 11.4. The second-order valence-corrected chi connectivity index (χ2v) is 5.58. The molecule has 0 amide bonds. The molecule has 4 N–H and O–H groups in total. The van der Waals surface area contributed by atoms with Gasteiger partial charge in [-0.3, -0.25) is 0 Å². The molecule has 0 spiro atoms. The van der Waals surface area contributed by atoms with Gasteiger partial charge in [-0.25, -0.2) is 0 Å². The summed E-state index contributed by atoms with van der Waals surface area (Å²) in [4.78, 5) is 11.9. The zero-order chi connectivity index (χ0) is 14.7. The van der Waals surface area contributed by atoms with Crippen LogP contribution in [0.25, 0.3) is 10.8 Å². The number of fused-ring (bicyclic) bond motifs is 1. The fourth-order valence-corrected chi connectivity index (χ4v) is 3.08. The third-order valence-corrected chi connectivity index (χ3v) is 4.06. The maximum Gasteiger partial charge on any atom is 0.225 e. The first-order valence-electron chi connectivity index (χ1n) is 6.52. The molecule has 6 heteroatoms. The maximum absolute atomic E-state index is 5.57. The highest BCUT2D eigenvalue weighted by molar-refractivity contribution is 7.97. The number of rotatable bonds is 4. The summed E-state index contributed by atoms with van der Waals surface area (Å²) in [5.41, 5.74) is 12.4. The van der Waals surface area contributed by atoms with Crippen LogP contribution < -0.4 is 11.5 Å². The predicted octanol–water partition coefficient (Wildman–Crippen LogP) is 2.62. The van der Waals surface area contributed by atoms with Gasteiger partial charge in [-0.05, 0) is 16.3 Å². The summed E-state index contributed by atoms with van der Waals surface area (Å²) in [7, 11) is 0. The first kappa shape index (κ1) is 13.6. The average Bonchev–Trinajstić information content (AvgIpc) is 2.46. The van der Waals surface area contributed by atoms with Crippen molar-refractivity contribution in [3.05, 3.63) is 53.9 Å². The van der Waals surface area contributed by atoms with Crippen molar-refractivity contribution in [2.75, 3.05) is 11.5 Å². The lowest BCUT2D eigenvalue weighted by Crippen LogP contribution is -2.06. The van der Waals surface area contributed by atoms with E-state index in [4.69, 9.17) is 11.5 Å². The fraction of sp³-hybridized carbons (Fsp3) is 0.133. The Hall–Kier alpha value is -2.34. The summed E-state index contributed by atoms with van der Waals surface area (Å²) in [5, 5.41) is 2.53. The minimum absolute atomic E-state index is 0.170. The molecule has 1 heterocycles. The summed E-state index contributed by atoms with van der Waals surface area (Å²) in [5.74, 6) is 2.49. The first-order chi connectivity index (χ1) is 10.2.